The molecule has 0 atom stereocenters. The van der Waals surface area contributed by atoms with Crippen LogP contribution in [0.2, 0.25) is 5.02 Å². The second-order valence-corrected chi connectivity index (χ2v) is 12.0. The number of hydrogen-bond acceptors (Lipinski definition) is 8. The number of aryl methyl sites for hydroxylation is 1. The molecule has 0 bridgehead atoms. The smallest absolute Gasteiger partial charge is 0.312 e. The first-order valence-electron chi connectivity index (χ1n) is 12.7. The minimum Gasteiger partial charge on any atom is -0.493 e. The maximum atomic E-state index is 13.2. The van der Waals surface area contributed by atoms with E-state index in [9.17, 15) is 4.79 Å². The Hall–Kier alpha value is -2.00. The highest BCUT2D eigenvalue weighted by atomic mass is 35.5. The predicted molar refractivity (Wildman–Crippen MR) is 153 cm³/mol. The summed E-state index contributed by atoms with van der Waals surface area (Å²) in [5.74, 6) is 2.29. The van der Waals surface area contributed by atoms with Crippen LogP contribution >= 0.6 is 34.7 Å². The molecule has 4 rings (SSSR count). The number of ether oxygens (including phenoxy) is 3. The fourth-order valence-electron chi connectivity index (χ4n) is 5.07. The molecule has 1 fully saturated rings. The van der Waals surface area contributed by atoms with Crippen molar-refractivity contribution in [1.82, 2.24) is 9.88 Å². The van der Waals surface area contributed by atoms with Crippen LogP contribution in [0.25, 0.3) is 10.9 Å². The van der Waals surface area contributed by atoms with E-state index in [1.54, 1.807) is 31.8 Å². The van der Waals surface area contributed by atoms with Gasteiger partial charge in [0.2, 0.25) is 0 Å². The van der Waals surface area contributed by atoms with Gasteiger partial charge in [-0.2, -0.15) is 0 Å². The van der Waals surface area contributed by atoms with Gasteiger partial charge >= 0.3 is 5.97 Å². The third kappa shape index (κ3) is 6.72. The first-order valence-corrected chi connectivity index (χ1v) is 15.0. The van der Waals surface area contributed by atoms with Crippen LogP contribution in [0.5, 0.6) is 11.5 Å². The molecule has 9 heteroatoms. The zero-order valence-corrected chi connectivity index (χ0v) is 24.1. The molecule has 1 aliphatic rings. The van der Waals surface area contributed by atoms with Crippen LogP contribution in [0, 0.1) is 5.41 Å². The molecule has 1 aliphatic heterocycles. The molecule has 1 saturated heterocycles. The van der Waals surface area contributed by atoms with Crippen LogP contribution in [0.4, 0.5) is 0 Å². The van der Waals surface area contributed by atoms with Crippen molar-refractivity contribution in [3.05, 3.63) is 46.4 Å². The number of carbonyl (C=O) groups is 1. The van der Waals surface area contributed by atoms with Crippen molar-refractivity contribution in [2.75, 3.05) is 46.2 Å². The van der Waals surface area contributed by atoms with Gasteiger partial charge in [-0.25, -0.2) is 0 Å². The van der Waals surface area contributed by atoms with Crippen LogP contribution in [-0.2, 0) is 16.0 Å². The predicted octanol–water partition coefficient (Wildman–Crippen LogP) is 6.73. The number of hydrogen-bond donors (Lipinski definition) is 0. The largest absolute Gasteiger partial charge is 0.493 e. The van der Waals surface area contributed by atoms with Gasteiger partial charge in [-0.3, -0.25) is 9.78 Å². The van der Waals surface area contributed by atoms with Crippen molar-refractivity contribution in [2.45, 2.75) is 43.2 Å². The Morgan fingerprint density at radius 2 is 1.97 bits per heavy atom. The van der Waals surface area contributed by atoms with Crippen molar-refractivity contribution in [1.29, 1.82) is 0 Å². The Morgan fingerprint density at radius 1 is 1.22 bits per heavy atom. The van der Waals surface area contributed by atoms with Gasteiger partial charge in [0.1, 0.15) is 0 Å². The molecule has 0 spiro atoms. The Balaban J connectivity index is 1.42. The van der Waals surface area contributed by atoms with Gasteiger partial charge in [0, 0.05) is 29.9 Å². The van der Waals surface area contributed by atoms with E-state index in [1.807, 2.05) is 30.8 Å². The lowest BCUT2D eigenvalue weighted by Gasteiger charge is -2.40. The lowest BCUT2D eigenvalue weighted by molar-refractivity contribution is -0.159. The molecule has 3 heterocycles. The summed E-state index contributed by atoms with van der Waals surface area (Å²) in [5, 5.41) is 3.70. The zero-order chi connectivity index (χ0) is 26.3. The highest BCUT2D eigenvalue weighted by molar-refractivity contribution is 8.01. The molecular weight excluding hydrogens is 528 g/mol. The molecule has 0 radical (unpaired) electrons. The van der Waals surface area contributed by atoms with Gasteiger partial charge in [0.15, 0.2) is 11.5 Å². The van der Waals surface area contributed by atoms with Gasteiger partial charge in [-0.1, -0.05) is 17.7 Å². The number of esters is 1. The van der Waals surface area contributed by atoms with E-state index in [1.165, 1.54) is 4.21 Å². The molecule has 200 valence electrons. The monoisotopic (exact) mass is 562 g/mol. The van der Waals surface area contributed by atoms with Crippen molar-refractivity contribution in [3.8, 4) is 11.5 Å². The molecule has 0 aliphatic carbocycles. The molecular formula is C28H35ClN2O4S2. The van der Waals surface area contributed by atoms with Gasteiger partial charge in [-0.15, -0.1) is 23.1 Å². The third-order valence-corrected chi connectivity index (χ3v) is 9.62. The number of pyridine rings is 1. The first-order chi connectivity index (χ1) is 18.0. The molecule has 0 unspecified atom stereocenters. The second kappa shape index (κ2) is 13.2. The van der Waals surface area contributed by atoms with Crippen molar-refractivity contribution >= 4 is 51.6 Å². The summed E-state index contributed by atoms with van der Waals surface area (Å²) in [5.41, 5.74) is 1.39. The Labute approximate surface area is 232 Å². The van der Waals surface area contributed by atoms with Crippen molar-refractivity contribution in [3.63, 3.8) is 0 Å². The van der Waals surface area contributed by atoms with E-state index in [-0.39, 0.29) is 5.97 Å². The average molecular weight is 563 g/mol. The average Bonchev–Trinajstić information content (AvgIpc) is 3.44. The van der Waals surface area contributed by atoms with Crippen molar-refractivity contribution < 1.29 is 19.0 Å². The SMILES string of the molecule is CCOC(=O)C1(CCCc2c(Cl)cnc3cc(OC)c(OC)cc23)CCN(CCSc2cccs2)CC1. The fraction of sp³-hybridized carbons (Fsp3) is 0.500. The lowest BCUT2D eigenvalue weighted by Crippen LogP contribution is -2.45. The number of likely N-dealkylation sites (tertiary alicyclic amines) is 1. The summed E-state index contributed by atoms with van der Waals surface area (Å²) in [7, 11) is 3.24. The van der Waals surface area contributed by atoms with E-state index in [0.717, 1.165) is 74.0 Å². The minimum atomic E-state index is -0.441. The van der Waals surface area contributed by atoms with E-state index >= 15 is 0 Å². The normalized spacial score (nSPS) is 15.6. The van der Waals surface area contributed by atoms with Gasteiger partial charge in [0.25, 0.3) is 0 Å². The standard InChI is InChI=1S/C28H35ClN2O4S2/c1-4-35-27(32)28(10-12-31(13-11-28)14-16-37-26-8-6-15-36-26)9-5-7-20-21-17-24(33-2)25(34-3)18-23(21)30-19-22(20)29/h6,8,15,17-19H,4-5,7,9-14,16H2,1-3H3. The molecule has 3 aromatic rings. The van der Waals surface area contributed by atoms with E-state index < -0.39 is 5.41 Å². The van der Waals surface area contributed by atoms with E-state index in [0.29, 0.717) is 23.1 Å². The first kappa shape index (κ1) is 28.0. The second-order valence-electron chi connectivity index (χ2n) is 9.29. The zero-order valence-electron chi connectivity index (χ0n) is 21.8. The van der Waals surface area contributed by atoms with Crippen molar-refractivity contribution in [2.24, 2.45) is 5.41 Å². The van der Waals surface area contributed by atoms with Gasteiger partial charge in [-0.05, 0) is 75.2 Å². The number of rotatable bonds is 12. The fourth-order valence-corrected chi connectivity index (χ4v) is 7.18. The molecule has 1 aromatic carbocycles. The van der Waals surface area contributed by atoms with Crippen LogP contribution in [0.15, 0.2) is 40.1 Å². The summed E-state index contributed by atoms with van der Waals surface area (Å²) < 4.78 is 17.9. The Bertz CT molecular complexity index is 1180. The Kier molecular flexibility index (Phi) is 9.98. The lowest BCUT2D eigenvalue weighted by atomic mass is 9.74. The molecule has 0 saturated carbocycles. The third-order valence-electron chi connectivity index (χ3n) is 7.18. The van der Waals surface area contributed by atoms with Crippen LogP contribution in [0.1, 0.15) is 38.2 Å². The van der Waals surface area contributed by atoms with E-state index in [2.05, 4.69) is 27.4 Å². The number of nitrogens with zero attached hydrogens (tertiary/aromatic N) is 2. The number of halogens is 1. The summed E-state index contributed by atoms with van der Waals surface area (Å²) in [4.78, 5) is 20.1. The summed E-state index contributed by atoms with van der Waals surface area (Å²) >= 11 is 10.3. The number of carbonyl (C=O) groups excluding carboxylic acids is 1. The van der Waals surface area contributed by atoms with Gasteiger partial charge in [0.05, 0.1) is 41.0 Å². The maximum Gasteiger partial charge on any atom is 0.312 e. The number of thioether (sulfide) groups is 1. The minimum absolute atomic E-state index is 0.0558. The molecule has 6 nitrogen and oxygen atoms in total. The number of benzene rings is 1. The topological polar surface area (TPSA) is 60.9 Å². The number of piperidine rings is 1. The summed E-state index contributed by atoms with van der Waals surface area (Å²) in [6.45, 7) is 5.15. The Morgan fingerprint density at radius 3 is 2.65 bits per heavy atom. The van der Waals surface area contributed by atoms with Crippen LogP contribution in [0.3, 0.4) is 0 Å². The highest BCUT2D eigenvalue weighted by Gasteiger charge is 2.42. The van der Waals surface area contributed by atoms with E-state index in [4.69, 9.17) is 25.8 Å². The number of thiophene rings is 1. The summed E-state index contributed by atoms with van der Waals surface area (Å²) in [6, 6.07) is 8.08. The van der Waals surface area contributed by atoms with Crippen LogP contribution < -0.4 is 9.47 Å². The molecule has 2 aromatic heterocycles. The quantitative estimate of drug-likeness (QED) is 0.179. The number of aromatic nitrogens is 1. The number of fused-ring (bicyclic) bond motifs is 1. The summed E-state index contributed by atoms with van der Waals surface area (Å²) in [6.07, 6.45) is 5.70. The maximum absolute atomic E-state index is 13.2. The molecule has 0 amide bonds. The molecule has 37 heavy (non-hydrogen) atoms. The van der Waals surface area contributed by atoms with Gasteiger partial charge < -0.3 is 19.1 Å². The highest BCUT2D eigenvalue weighted by Crippen LogP contribution is 2.40. The van der Waals surface area contributed by atoms with Crippen LogP contribution in [-0.4, -0.2) is 62.1 Å². The number of methoxy groups -OCH3 is 2. The molecule has 0 N–H and O–H groups in total.